The summed E-state index contributed by atoms with van der Waals surface area (Å²) in [7, 11) is 0. The van der Waals surface area contributed by atoms with Crippen LogP contribution in [0.2, 0.25) is 0 Å². The second-order valence-electron chi connectivity index (χ2n) is 4.05. The van der Waals surface area contributed by atoms with Gasteiger partial charge in [-0.25, -0.2) is 4.79 Å². The van der Waals surface area contributed by atoms with Gasteiger partial charge < -0.3 is 14.3 Å². The molecule has 0 fully saturated rings. The Labute approximate surface area is 101 Å². The Balaban J connectivity index is 2.46. The number of hydrogen-bond donors (Lipinski definition) is 0. The maximum atomic E-state index is 11.7. The monoisotopic (exact) mass is 236 g/mol. The van der Waals surface area contributed by atoms with Crippen LogP contribution < -0.4 is 0 Å². The van der Waals surface area contributed by atoms with Gasteiger partial charge in [-0.05, 0) is 19.4 Å². The van der Waals surface area contributed by atoms with E-state index in [-0.39, 0.29) is 13.2 Å². The van der Waals surface area contributed by atoms with Crippen LogP contribution in [0.4, 0.5) is 0 Å². The second-order valence-corrected chi connectivity index (χ2v) is 4.05. The molecule has 0 amide bonds. The Morgan fingerprint density at radius 1 is 1.29 bits per heavy atom. The molecule has 0 heterocycles. The van der Waals surface area contributed by atoms with Gasteiger partial charge in [-0.1, -0.05) is 30.3 Å². The van der Waals surface area contributed by atoms with E-state index in [1.165, 1.54) is 0 Å². The van der Waals surface area contributed by atoms with Gasteiger partial charge in [0.05, 0.1) is 0 Å². The molecule has 0 radical (unpaired) electrons. The summed E-state index contributed by atoms with van der Waals surface area (Å²) in [4.78, 5) is 21.9. The summed E-state index contributed by atoms with van der Waals surface area (Å²) < 4.78 is 10.2. The molecule has 0 aliphatic heterocycles. The van der Waals surface area contributed by atoms with Gasteiger partial charge in [0, 0.05) is 0 Å². The summed E-state index contributed by atoms with van der Waals surface area (Å²) in [6, 6.07) is 9.37. The number of carbonyl (C=O) groups excluding carboxylic acids is 2. The van der Waals surface area contributed by atoms with Crippen molar-refractivity contribution in [1.29, 1.82) is 0 Å². The van der Waals surface area contributed by atoms with Crippen molar-refractivity contribution in [2.24, 2.45) is 0 Å². The third kappa shape index (κ3) is 4.36. The van der Waals surface area contributed by atoms with Gasteiger partial charge in [0.15, 0.2) is 5.60 Å². The first kappa shape index (κ1) is 13.4. The Kier molecular flexibility index (Phi) is 4.84. The van der Waals surface area contributed by atoms with E-state index in [0.29, 0.717) is 6.29 Å². The topological polar surface area (TPSA) is 52.6 Å². The van der Waals surface area contributed by atoms with Crippen molar-refractivity contribution in [3.63, 3.8) is 0 Å². The summed E-state index contributed by atoms with van der Waals surface area (Å²) in [6.45, 7) is 3.23. The van der Waals surface area contributed by atoms with E-state index in [1.54, 1.807) is 13.8 Å². The molecule has 0 saturated carbocycles. The lowest BCUT2D eigenvalue weighted by Crippen LogP contribution is -2.37. The predicted molar refractivity (Wildman–Crippen MR) is 62.3 cm³/mol. The van der Waals surface area contributed by atoms with Crippen LogP contribution in [0.15, 0.2) is 30.3 Å². The quantitative estimate of drug-likeness (QED) is 0.557. The minimum absolute atomic E-state index is 0.118. The highest BCUT2D eigenvalue weighted by atomic mass is 16.6. The second kappa shape index (κ2) is 6.15. The molecule has 0 unspecified atom stereocenters. The fraction of sp³-hybridized carbons (Fsp3) is 0.385. The van der Waals surface area contributed by atoms with Crippen molar-refractivity contribution >= 4 is 12.3 Å². The summed E-state index contributed by atoms with van der Waals surface area (Å²) in [5.41, 5.74) is -0.192. The summed E-state index contributed by atoms with van der Waals surface area (Å²) in [5, 5.41) is 0. The first-order valence-electron chi connectivity index (χ1n) is 5.35. The molecule has 0 N–H and O–H groups in total. The molecule has 1 aromatic carbocycles. The number of rotatable bonds is 6. The van der Waals surface area contributed by atoms with Gasteiger partial charge in [0.1, 0.15) is 19.5 Å². The molecule has 17 heavy (non-hydrogen) atoms. The zero-order valence-corrected chi connectivity index (χ0v) is 10.0. The molecule has 0 spiro atoms. The molecule has 4 nitrogen and oxygen atoms in total. The molecule has 1 aromatic rings. The van der Waals surface area contributed by atoms with Crippen LogP contribution in [0.25, 0.3) is 0 Å². The number of benzene rings is 1. The molecule has 0 atom stereocenters. The molecule has 92 valence electrons. The predicted octanol–water partition coefficient (Wildman–Crippen LogP) is 1.72. The molecule has 4 heteroatoms. The van der Waals surface area contributed by atoms with Crippen LogP contribution in [0.1, 0.15) is 19.4 Å². The first-order valence-corrected chi connectivity index (χ1v) is 5.35. The zero-order chi connectivity index (χ0) is 12.7. The van der Waals surface area contributed by atoms with Crippen molar-refractivity contribution in [1.82, 2.24) is 0 Å². The van der Waals surface area contributed by atoms with Crippen molar-refractivity contribution in [2.45, 2.75) is 26.1 Å². The van der Waals surface area contributed by atoms with E-state index in [9.17, 15) is 9.59 Å². The molecule has 0 bridgehead atoms. The van der Waals surface area contributed by atoms with Gasteiger partial charge in [0.2, 0.25) is 0 Å². The zero-order valence-electron chi connectivity index (χ0n) is 10.0. The average molecular weight is 236 g/mol. The summed E-state index contributed by atoms with van der Waals surface area (Å²) in [5.74, 6) is -0.483. The van der Waals surface area contributed by atoms with Gasteiger partial charge in [-0.15, -0.1) is 0 Å². The third-order valence-corrected chi connectivity index (χ3v) is 2.22. The normalized spacial score (nSPS) is 10.9. The Bertz CT molecular complexity index is 370. The lowest BCUT2D eigenvalue weighted by atomic mass is 10.1. The van der Waals surface area contributed by atoms with Gasteiger partial charge in [-0.3, -0.25) is 0 Å². The fourth-order valence-electron chi connectivity index (χ4n) is 1.20. The fourth-order valence-corrected chi connectivity index (χ4v) is 1.20. The molecule has 0 aromatic heterocycles. The minimum atomic E-state index is -1.10. The number of hydrogen-bond acceptors (Lipinski definition) is 4. The van der Waals surface area contributed by atoms with Crippen molar-refractivity contribution < 1.29 is 19.1 Å². The highest BCUT2D eigenvalue weighted by Gasteiger charge is 2.30. The lowest BCUT2D eigenvalue weighted by molar-refractivity contribution is -0.169. The number of carbonyl (C=O) groups is 2. The maximum absolute atomic E-state index is 11.7. The van der Waals surface area contributed by atoms with Crippen LogP contribution >= 0.6 is 0 Å². The van der Waals surface area contributed by atoms with Crippen LogP contribution in [-0.4, -0.2) is 24.5 Å². The highest BCUT2D eigenvalue weighted by molar-refractivity contribution is 5.78. The third-order valence-electron chi connectivity index (χ3n) is 2.22. The standard InChI is InChI=1S/C13H16O4/c1-13(2,17-9-8-14)12(15)16-10-11-6-4-3-5-7-11/h3-8H,9-10H2,1-2H3. The smallest absolute Gasteiger partial charge is 0.338 e. The van der Waals surface area contributed by atoms with E-state index in [0.717, 1.165) is 5.56 Å². The number of ether oxygens (including phenoxy) is 2. The molecule has 0 aliphatic rings. The Morgan fingerprint density at radius 3 is 2.53 bits per heavy atom. The lowest BCUT2D eigenvalue weighted by Gasteiger charge is -2.21. The van der Waals surface area contributed by atoms with Crippen molar-refractivity contribution in [3.8, 4) is 0 Å². The van der Waals surface area contributed by atoms with Crippen LogP contribution in [0.5, 0.6) is 0 Å². The van der Waals surface area contributed by atoms with Gasteiger partial charge in [0.25, 0.3) is 0 Å². The van der Waals surface area contributed by atoms with E-state index in [4.69, 9.17) is 9.47 Å². The summed E-state index contributed by atoms with van der Waals surface area (Å²) in [6.07, 6.45) is 0.603. The average Bonchev–Trinajstić information content (AvgIpc) is 2.34. The van der Waals surface area contributed by atoms with Crippen LogP contribution in [0, 0.1) is 0 Å². The van der Waals surface area contributed by atoms with Crippen molar-refractivity contribution in [3.05, 3.63) is 35.9 Å². The number of esters is 1. The van der Waals surface area contributed by atoms with Crippen molar-refractivity contribution in [2.75, 3.05) is 6.61 Å². The van der Waals surface area contributed by atoms with Gasteiger partial charge >= 0.3 is 5.97 Å². The first-order chi connectivity index (χ1) is 8.06. The Morgan fingerprint density at radius 2 is 1.94 bits per heavy atom. The Hall–Kier alpha value is -1.68. The van der Waals surface area contributed by atoms with E-state index < -0.39 is 11.6 Å². The van der Waals surface area contributed by atoms with Gasteiger partial charge in [-0.2, -0.15) is 0 Å². The van der Waals surface area contributed by atoms with E-state index in [1.807, 2.05) is 30.3 Å². The molecule has 1 rings (SSSR count). The maximum Gasteiger partial charge on any atom is 0.338 e. The van der Waals surface area contributed by atoms with E-state index >= 15 is 0 Å². The number of aldehydes is 1. The summed E-state index contributed by atoms with van der Waals surface area (Å²) >= 11 is 0. The minimum Gasteiger partial charge on any atom is -0.459 e. The SMILES string of the molecule is CC(C)(OCC=O)C(=O)OCc1ccccc1. The highest BCUT2D eigenvalue weighted by Crippen LogP contribution is 2.12. The molecule has 0 saturated heterocycles. The molecular weight excluding hydrogens is 220 g/mol. The molecule has 0 aliphatic carbocycles. The van der Waals surface area contributed by atoms with Crippen LogP contribution in [-0.2, 0) is 25.7 Å². The van der Waals surface area contributed by atoms with Crippen LogP contribution in [0.3, 0.4) is 0 Å². The van der Waals surface area contributed by atoms with E-state index in [2.05, 4.69) is 0 Å². The molecular formula is C13H16O4. The largest absolute Gasteiger partial charge is 0.459 e.